The van der Waals surface area contributed by atoms with Crippen LogP contribution in [-0.4, -0.2) is 61.5 Å². The molecule has 4 nitrogen and oxygen atoms in total. The number of piperidine rings is 1. The summed E-state index contributed by atoms with van der Waals surface area (Å²) in [6.07, 6.45) is 2.31. The van der Waals surface area contributed by atoms with E-state index in [4.69, 9.17) is 0 Å². The van der Waals surface area contributed by atoms with Gasteiger partial charge in [-0.3, -0.25) is 9.69 Å². The fourth-order valence-corrected chi connectivity index (χ4v) is 2.25. The molecule has 0 unspecified atom stereocenters. The van der Waals surface area contributed by atoms with Crippen molar-refractivity contribution in [2.24, 2.45) is 0 Å². The van der Waals surface area contributed by atoms with E-state index in [9.17, 15) is 4.79 Å². The number of likely N-dealkylation sites (N-methyl/N-ethyl adjacent to an activating group) is 1. The van der Waals surface area contributed by atoms with Crippen LogP contribution in [0.3, 0.4) is 0 Å². The minimum Gasteiger partial charge on any atom is -0.342 e. The van der Waals surface area contributed by atoms with Crippen molar-refractivity contribution < 1.29 is 4.79 Å². The number of rotatable bonds is 5. The smallest absolute Gasteiger partial charge is 0.236 e. The Labute approximate surface area is 111 Å². The van der Waals surface area contributed by atoms with Gasteiger partial charge in [-0.05, 0) is 33.7 Å². The van der Waals surface area contributed by atoms with Crippen LogP contribution in [0.15, 0.2) is 0 Å². The fourth-order valence-electron chi connectivity index (χ4n) is 2.25. The van der Waals surface area contributed by atoms with E-state index in [1.165, 1.54) is 0 Å². The molecule has 0 aromatic rings. The van der Waals surface area contributed by atoms with Gasteiger partial charge in [0, 0.05) is 32.2 Å². The van der Waals surface area contributed by atoms with Gasteiger partial charge in [0.2, 0.25) is 5.91 Å². The Balaban J connectivity index is 0.00000256. The van der Waals surface area contributed by atoms with Crippen LogP contribution in [-0.2, 0) is 4.79 Å². The van der Waals surface area contributed by atoms with Crippen LogP contribution in [0.1, 0.15) is 26.7 Å². The van der Waals surface area contributed by atoms with Gasteiger partial charge in [0.25, 0.3) is 0 Å². The lowest BCUT2D eigenvalue weighted by Gasteiger charge is -2.32. The Kier molecular flexibility index (Phi) is 8.56. The van der Waals surface area contributed by atoms with Crippen LogP contribution in [0.4, 0.5) is 0 Å². The molecule has 1 heterocycles. The number of likely N-dealkylation sites (tertiary alicyclic amines) is 1. The molecule has 102 valence electrons. The highest BCUT2D eigenvalue weighted by Crippen LogP contribution is 2.09. The maximum absolute atomic E-state index is 11.9. The molecule has 0 aromatic heterocycles. The number of carbonyl (C=O) groups excluding carboxylic acids is 1. The van der Waals surface area contributed by atoms with E-state index in [1.807, 2.05) is 25.8 Å². The van der Waals surface area contributed by atoms with Crippen LogP contribution in [0.5, 0.6) is 0 Å². The summed E-state index contributed by atoms with van der Waals surface area (Å²) in [6, 6.07) is 0.639. The maximum Gasteiger partial charge on any atom is 0.236 e. The molecule has 0 aliphatic carbocycles. The first kappa shape index (κ1) is 16.7. The standard InChI is InChI=1S/C12H25N3O.ClH/c1-4-15(5-2)12(16)10-14-8-6-11(13-3)7-9-14;/h11,13H,4-10H2,1-3H3;1H. The number of amides is 1. The molecular formula is C12H26ClN3O. The lowest BCUT2D eigenvalue weighted by Crippen LogP contribution is -2.46. The minimum absolute atomic E-state index is 0. The molecule has 1 N–H and O–H groups in total. The number of hydrogen-bond donors (Lipinski definition) is 1. The van der Waals surface area contributed by atoms with Gasteiger partial charge in [0.05, 0.1) is 6.54 Å². The summed E-state index contributed by atoms with van der Waals surface area (Å²) in [4.78, 5) is 16.1. The van der Waals surface area contributed by atoms with E-state index >= 15 is 0 Å². The van der Waals surface area contributed by atoms with Crippen molar-refractivity contribution in [3.05, 3.63) is 0 Å². The van der Waals surface area contributed by atoms with Crippen LogP contribution < -0.4 is 5.32 Å². The highest BCUT2D eigenvalue weighted by molar-refractivity contribution is 5.85. The lowest BCUT2D eigenvalue weighted by atomic mass is 10.1. The molecule has 0 saturated carbocycles. The molecule has 1 amide bonds. The molecule has 17 heavy (non-hydrogen) atoms. The van der Waals surface area contributed by atoms with E-state index in [0.29, 0.717) is 12.6 Å². The quantitative estimate of drug-likeness (QED) is 0.803. The average Bonchev–Trinajstić information content (AvgIpc) is 2.31. The van der Waals surface area contributed by atoms with Crippen molar-refractivity contribution in [1.29, 1.82) is 0 Å². The molecule has 1 fully saturated rings. The van der Waals surface area contributed by atoms with Crippen molar-refractivity contribution in [2.45, 2.75) is 32.7 Å². The van der Waals surface area contributed by atoms with Gasteiger partial charge in [-0.1, -0.05) is 0 Å². The van der Waals surface area contributed by atoms with Gasteiger partial charge < -0.3 is 10.2 Å². The predicted molar refractivity (Wildman–Crippen MR) is 73.7 cm³/mol. The average molecular weight is 264 g/mol. The number of nitrogens with one attached hydrogen (secondary N) is 1. The summed E-state index contributed by atoms with van der Waals surface area (Å²) in [6.45, 7) is 8.39. The van der Waals surface area contributed by atoms with Crippen LogP contribution in [0, 0.1) is 0 Å². The number of hydrogen-bond acceptors (Lipinski definition) is 3. The van der Waals surface area contributed by atoms with Gasteiger partial charge in [-0.2, -0.15) is 0 Å². The minimum atomic E-state index is 0. The summed E-state index contributed by atoms with van der Waals surface area (Å²) in [5.74, 6) is 0.271. The van der Waals surface area contributed by atoms with Crippen molar-refractivity contribution in [2.75, 3.05) is 39.8 Å². The molecule has 0 atom stereocenters. The van der Waals surface area contributed by atoms with Crippen LogP contribution >= 0.6 is 12.4 Å². The molecule has 1 saturated heterocycles. The summed E-state index contributed by atoms with van der Waals surface area (Å²) >= 11 is 0. The molecule has 1 aliphatic heterocycles. The Morgan fingerprint density at radius 2 is 1.82 bits per heavy atom. The van der Waals surface area contributed by atoms with Gasteiger partial charge >= 0.3 is 0 Å². The summed E-state index contributed by atoms with van der Waals surface area (Å²) in [7, 11) is 2.02. The Bertz CT molecular complexity index is 214. The summed E-state index contributed by atoms with van der Waals surface area (Å²) in [5.41, 5.74) is 0. The zero-order valence-electron chi connectivity index (χ0n) is 11.2. The lowest BCUT2D eigenvalue weighted by molar-refractivity contribution is -0.132. The first-order valence-electron chi connectivity index (χ1n) is 6.38. The third-order valence-corrected chi connectivity index (χ3v) is 3.47. The zero-order chi connectivity index (χ0) is 12.0. The molecule has 1 rings (SSSR count). The van der Waals surface area contributed by atoms with Crippen molar-refractivity contribution >= 4 is 18.3 Å². The molecule has 0 bridgehead atoms. The molecule has 0 spiro atoms. The third kappa shape index (κ3) is 5.23. The van der Waals surface area contributed by atoms with Crippen molar-refractivity contribution in [3.63, 3.8) is 0 Å². The van der Waals surface area contributed by atoms with Gasteiger partial charge in [0.1, 0.15) is 0 Å². The third-order valence-electron chi connectivity index (χ3n) is 3.47. The predicted octanol–water partition coefficient (Wildman–Crippen LogP) is 0.960. The topological polar surface area (TPSA) is 35.6 Å². The maximum atomic E-state index is 11.9. The molecular weight excluding hydrogens is 238 g/mol. The second-order valence-electron chi connectivity index (χ2n) is 4.41. The fraction of sp³-hybridized carbons (Fsp3) is 0.917. The molecule has 0 radical (unpaired) electrons. The van der Waals surface area contributed by atoms with E-state index in [0.717, 1.165) is 39.0 Å². The van der Waals surface area contributed by atoms with Gasteiger partial charge in [0.15, 0.2) is 0 Å². The first-order chi connectivity index (χ1) is 7.71. The second kappa shape index (κ2) is 8.72. The number of nitrogens with zero attached hydrogens (tertiary/aromatic N) is 2. The van der Waals surface area contributed by atoms with Crippen molar-refractivity contribution in [1.82, 2.24) is 15.1 Å². The monoisotopic (exact) mass is 263 g/mol. The van der Waals surface area contributed by atoms with Gasteiger partial charge in [-0.15, -0.1) is 12.4 Å². The van der Waals surface area contributed by atoms with Crippen LogP contribution in [0.2, 0.25) is 0 Å². The van der Waals surface area contributed by atoms with E-state index < -0.39 is 0 Å². The molecule has 0 aromatic carbocycles. The SMILES string of the molecule is CCN(CC)C(=O)CN1CCC(NC)CC1.Cl. The normalized spacial score (nSPS) is 17.6. The van der Waals surface area contributed by atoms with Gasteiger partial charge in [-0.25, -0.2) is 0 Å². The van der Waals surface area contributed by atoms with E-state index in [1.54, 1.807) is 0 Å². The number of carbonyl (C=O) groups is 1. The molecule has 1 aliphatic rings. The Morgan fingerprint density at radius 1 is 1.29 bits per heavy atom. The molecule has 5 heteroatoms. The van der Waals surface area contributed by atoms with E-state index in [2.05, 4.69) is 10.2 Å². The largest absolute Gasteiger partial charge is 0.342 e. The Hall–Kier alpha value is -0.320. The summed E-state index contributed by atoms with van der Waals surface area (Å²) < 4.78 is 0. The Morgan fingerprint density at radius 3 is 2.24 bits per heavy atom. The first-order valence-corrected chi connectivity index (χ1v) is 6.38. The van der Waals surface area contributed by atoms with E-state index in [-0.39, 0.29) is 18.3 Å². The highest BCUT2D eigenvalue weighted by Gasteiger charge is 2.20. The van der Waals surface area contributed by atoms with Crippen molar-refractivity contribution in [3.8, 4) is 0 Å². The number of halogens is 1. The summed E-state index contributed by atoms with van der Waals surface area (Å²) in [5, 5.41) is 3.30. The second-order valence-corrected chi connectivity index (χ2v) is 4.41. The zero-order valence-corrected chi connectivity index (χ0v) is 12.1. The van der Waals surface area contributed by atoms with Crippen LogP contribution in [0.25, 0.3) is 0 Å². The highest BCUT2D eigenvalue weighted by atomic mass is 35.5.